The minimum atomic E-state index is -0.592. The smallest absolute Gasteiger partial charge is 0.258 e. The van der Waals surface area contributed by atoms with E-state index >= 15 is 0 Å². The van der Waals surface area contributed by atoms with Crippen molar-refractivity contribution in [3.05, 3.63) is 29.6 Å². The lowest BCUT2D eigenvalue weighted by atomic mass is 10.2. The summed E-state index contributed by atoms with van der Waals surface area (Å²) in [5.41, 5.74) is 5.82. The normalized spacial score (nSPS) is 10.4. The topological polar surface area (TPSA) is 64.3 Å². The molecule has 1 rings (SSSR count). The van der Waals surface area contributed by atoms with Crippen LogP contribution in [0.15, 0.2) is 18.2 Å². The molecule has 0 atom stereocenters. The fourth-order valence-electron chi connectivity index (χ4n) is 1.68. The van der Waals surface area contributed by atoms with Crippen LogP contribution in [-0.2, 0) is 4.79 Å². The van der Waals surface area contributed by atoms with Gasteiger partial charge < -0.3 is 15.8 Å². The van der Waals surface area contributed by atoms with Gasteiger partial charge in [0.1, 0.15) is 4.99 Å². The highest BCUT2D eigenvalue weighted by molar-refractivity contribution is 7.80. The van der Waals surface area contributed by atoms with Crippen molar-refractivity contribution >= 4 is 23.1 Å². The first-order valence-electron chi connectivity index (χ1n) is 6.49. The summed E-state index contributed by atoms with van der Waals surface area (Å²) in [5.74, 6) is -0.855. The Labute approximate surface area is 123 Å². The number of thiocarbonyl (C=S) groups is 1. The average Bonchev–Trinajstić information content (AvgIpc) is 2.43. The number of halogens is 1. The second-order valence-corrected chi connectivity index (χ2v) is 4.82. The number of ether oxygens (including phenoxy) is 1. The predicted octanol–water partition coefficient (Wildman–Crippen LogP) is 2.14. The molecule has 0 saturated carbocycles. The Morgan fingerprint density at radius 2 is 2.10 bits per heavy atom. The molecule has 0 bridgehead atoms. The lowest BCUT2D eigenvalue weighted by molar-refractivity contribution is -0.123. The van der Waals surface area contributed by atoms with E-state index in [1.165, 1.54) is 12.1 Å². The molecule has 6 heteroatoms. The van der Waals surface area contributed by atoms with E-state index < -0.39 is 5.82 Å². The van der Waals surface area contributed by atoms with Gasteiger partial charge in [-0.15, -0.1) is 0 Å². The molecule has 0 aliphatic heterocycles. The number of carbonyl (C=O) groups is 1. The average molecular weight is 298 g/mol. The third kappa shape index (κ3) is 4.77. The largest absolute Gasteiger partial charge is 0.481 e. The molecule has 0 radical (unpaired) electrons. The zero-order chi connectivity index (χ0) is 15.1. The lowest BCUT2D eigenvalue weighted by Crippen LogP contribution is -2.37. The fourth-order valence-corrected chi connectivity index (χ4v) is 1.80. The van der Waals surface area contributed by atoms with Gasteiger partial charge in [-0.2, -0.15) is 0 Å². The third-order valence-corrected chi connectivity index (χ3v) is 3.16. The Morgan fingerprint density at radius 1 is 1.45 bits per heavy atom. The molecule has 0 aliphatic rings. The van der Waals surface area contributed by atoms with Crippen molar-refractivity contribution in [2.45, 2.75) is 32.7 Å². The Kier molecular flexibility index (Phi) is 6.38. The van der Waals surface area contributed by atoms with Crippen LogP contribution in [0, 0.1) is 5.82 Å². The molecule has 1 aromatic carbocycles. The molecule has 0 aliphatic carbocycles. The summed E-state index contributed by atoms with van der Waals surface area (Å²) in [4.78, 5) is 11.7. The van der Waals surface area contributed by atoms with Crippen molar-refractivity contribution in [2.75, 3.05) is 6.61 Å². The van der Waals surface area contributed by atoms with Crippen LogP contribution in [0.25, 0.3) is 0 Å². The van der Waals surface area contributed by atoms with Gasteiger partial charge >= 0.3 is 0 Å². The predicted molar refractivity (Wildman–Crippen MR) is 80.3 cm³/mol. The van der Waals surface area contributed by atoms with Crippen molar-refractivity contribution in [3.63, 3.8) is 0 Å². The maximum atomic E-state index is 13.7. The van der Waals surface area contributed by atoms with E-state index in [4.69, 9.17) is 22.7 Å². The Hall–Kier alpha value is -1.69. The second-order valence-electron chi connectivity index (χ2n) is 4.38. The van der Waals surface area contributed by atoms with E-state index in [0.29, 0.717) is 5.56 Å². The number of hydrogen-bond donors (Lipinski definition) is 2. The molecule has 0 saturated heterocycles. The number of benzene rings is 1. The van der Waals surface area contributed by atoms with Crippen LogP contribution >= 0.6 is 12.2 Å². The van der Waals surface area contributed by atoms with Crippen LogP contribution < -0.4 is 15.8 Å². The first kappa shape index (κ1) is 16.4. The van der Waals surface area contributed by atoms with Gasteiger partial charge in [0.05, 0.1) is 0 Å². The molecule has 110 valence electrons. The molecule has 1 amide bonds. The monoisotopic (exact) mass is 298 g/mol. The van der Waals surface area contributed by atoms with Crippen molar-refractivity contribution < 1.29 is 13.9 Å². The standard InChI is InChI=1S/C14H19FN2O2S/c1-3-10(4-2)17-13(18)8-19-12-6-5-9(14(16)20)7-11(12)15/h5-7,10H,3-4,8H2,1-2H3,(H2,16,20)(H,17,18). The molecule has 1 aromatic rings. The van der Waals surface area contributed by atoms with Crippen LogP contribution in [0.4, 0.5) is 4.39 Å². The van der Waals surface area contributed by atoms with E-state index in [-0.39, 0.29) is 29.3 Å². The highest BCUT2D eigenvalue weighted by atomic mass is 32.1. The van der Waals surface area contributed by atoms with Crippen LogP contribution in [0.5, 0.6) is 5.75 Å². The molecule has 0 aromatic heterocycles. The first-order chi connectivity index (χ1) is 9.47. The van der Waals surface area contributed by atoms with Gasteiger partial charge in [-0.05, 0) is 31.0 Å². The SMILES string of the molecule is CCC(CC)NC(=O)COc1ccc(C(N)=S)cc1F. The van der Waals surface area contributed by atoms with Gasteiger partial charge in [-0.1, -0.05) is 26.1 Å². The second kappa shape index (κ2) is 7.79. The molecule has 0 unspecified atom stereocenters. The van der Waals surface area contributed by atoms with Gasteiger partial charge in [0.2, 0.25) is 0 Å². The van der Waals surface area contributed by atoms with E-state index in [9.17, 15) is 9.18 Å². The summed E-state index contributed by atoms with van der Waals surface area (Å²) >= 11 is 4.75. The summed E-state index contributed by atoms with van der Waals surface area (Å²) in [7, 11) is 0. The molecule has 0 spiro atoms. The van der Waals surface area contributed by atoms with Crippen LogP contribution in [0.1, 0.15) is 32.3 Å². The molecule has 4 nitrogen and oxygen atoms in total. The van der Waals surface area contributed by atoms with Crippen molar-refractivity contribution in [3.8, 4) is 5.75 Å². The van der Waals surface area contributed by atoms with Gasteiger partial charge in [0, 0.05) is 11.6 Å². The van der Waals surface area contributed by atoms with Crippen molar-refractivity contribution in [1.82, 2.24) is 5.32 Å². The molecule has 20 heavy (non-hydrogen) atoms. The van der Waals surface area contributed by atoms with E-state index in [0.717, 1.165) is 12.8 Å². The minimum Gasteiger partial charge on any atom is -0.481 e. The van der Waals surface area contributed by atoms with E-state index in [1.807, 2.05) is 13.8 Å². The summed E-state index contributed by atoms with van der Waals surface area (Å²) in [5, 5.41) is 2.81. The molecular formula is C14H19FN2O2S. The minimum absolute atomic E-state index is 0.00435. The number of hydrogen-bond acceptors (Lipinski definition) is 3. The summed E-state index contributed by atoms with van der Waals surface area (Å²) in [6, 6.07) is 4.28. The number of nitrogens with two attached hydrogens (primary N) is 1. The number of nitrogens with one attached hydrogen (secondary N) is 1. The fraction of sp³-hybridized carbons (Fsp3) is 0.429. The Morgan fingerprint density at radius 3 is 2.60 bits per heavy atom. The molecule has 0 heterocycles. The highest BCUT2D eigenvalue weighted by Gasteiger charge is 2.11. The Balaban J connectivity index is 2.57. The highest BCUT2D eigenvalue weighted by Crippen LogP contribution is 2.18. The maximum Gasteiger partial charge on any atom is 0.258 e. The van der Waals surface area contributed by atoms with Crippen molar-refractivity contribution in [1.29, 1.82) is 0 Å². The summed E-state index contributed by atoms with van der Waals surface area (Å²) in [6.45, 7) is 3.76. The zero-order valence-electron chi connectivity index (χ0n) is 11.6. The maximum absolute atomic E-state index is 13.7. The van der Waals surface area contributed by atoms with Crippen molar-refractivity contribution in [2.24, 2.45) is 5.73 Å². The quantitative estimate of drug-likeness (QED) is 0.757. The van der Waals surface area contributed by atoms with E-state index in [1.54, 1.807) is 6.07 Å². The third-order valence-electron chi connectivity index (χ3n) is 2.93. The van der Waals surface area contributed by atoms with Gasteiger partial charge in [0.15, 0.2) is 18.2 Å². The van der Waals surface area contributed by atoms with Crippen LogP contribution in [0.2, 0.25) is 0 Å². The summed E-state index contributed by atoms with van der Waals surface area (Å²) in [6.07, 6.45) is 1.69. The molecule has 3 N–H and O–H groups in total. The lowest BCUT2D eigenvalue weighted by Gasteiger charge is -2.15. The summed E-state index contributed by atoms with van der Waals surface area (Å²) < 4.78 is 18.8. The van der Waals surface area contributed by atoms with Crippen LogP contribution in [0.3, 0.4) is 0 Å². The number of rotatable bonds is 7. The Bertz CT molecular complexity index is 490. The van der Waals surface area contributed by atoms with Gasteiger partial charge in [-0.25, -0.2) is 4.39 Å². The first-order valence-corrected chi connectivity index (χ1v) is 6.90. The van der Waals surface area contributed by atoms with Crippen LogP contribution in [-0.4, -0.2) is 23.5 Å². The van der Waals surface area contributed by atoms with E-state index in [2.05, 4.69) is 5.32 Å². The van der Waals surface area contributed by atoms with Gasteiger partial charge in [0.25, 0.3) is 5.91 Å². The van der Waals surface area contributed by atoms with Gasteiger partial charge in [-0.3, -0.25) is 4.79 Å². The zero-order valence-corrected chi connectivity index (χ0v) is 12.4. The molecule has 0 fully saturated rings. The number of carbonyl (C=O) groups excluding carboxylic acids is 1. The number of amides is 1. The molecular weight excluding hydrogens is 279 g/mol.